The lowest BCUT2D eigenvalue weighted by molar-refractivity contribution is 0.969. The van der Waals surface area contributed by atoms with Crippen molar-refractivity contribution in [3.05, 3.63) is 48.4 Å². The van der Waals surface area contributed by atoms with E-state index in [-0.39, 0.29) is 0 Å². The van der Waals surface area contributed by atoms with Gasteiger partial charge in [0, 0.05) is 6.20 Å². The Balaban J connectivity index is 2.37. The standard InChI is InChI=1S/C11H9N3/c1-2-6-10-9(5-1)13-11-7-3-4-8-12-14(10)11/h1-8,12H. The smallest absolute Gasteiger partial charge is 0.152 e. The molecule has 3 nitrogen and oxygen atoms in total. The van der Waals surface area contributed by atoms with Crippen LogP contribution in [0.15, 0.2) is 42.6 Å². The van der Waals surface area contributed by atoms with E-state index in [9.17, 15) is 0 Å². The van der Waals surface area contributed by atoms with E-state index >= 15 is 0 Å². The molecule has 0 fully saturated rings. The minimum atomic E-state index is 0.927. The van der Waals surface area contributed by atoms with Crippen LogP contribution < -0.4 is 5.43 Å². The van der Waals surface area contributed by atoms with Gasteiger partial charge in [0.1, 0.15) is 0 Å². The van der Waals surface area contributed by atoms with Crippen LogP contribution in [0.2, 0.25) is 0 Å². The van der Waals surface area contributed by atoms with Crippen molar-refractivity contribution in [3.8, 4) is 0 Å². The molecule has 0 atom stereocenters. The molecule has 0 aliphatic carbocycles. The topological polar surface area (TPSA) is 29.9 Å². The fourth-order valence-electron chi connectivity index (χ4n) is 1.61. The van der Waals surface area contributed by atoms with Gasteiger partial charge in [-0.2, -0.15) is 0 Å². The summed E-state index contributed by atoms with van der Waals surface area (Å²) in [5.41, 5.74) is 5.26. The first-order chi connectivity index (χ1) is 6.95. The fourth-order valence-corrected chi connectivity index (χ4v) is 1.61. The maximum atomic E-state index is 4.49. The van der Waals surface area contributed by atoms with Gasteiger partial charge >= 0.3 is 0 Å². The predicted octanol–water partition coefficient (Wildman–Crippen LogP) is 2.12. The molecule has 3 rings (SSSR count). The van der Waals surface area contributed by atoms with Crippen LogP contribution in [0, 0.1) is 0 Å². The van der Waals surface area contributed by atoms with Gasteiger partial charge in [0.2, 0.25) is 0 Å². The Morgan fingerprint density at radius 1 is 1.14 bits per heavy atom. The molecular formula is C11H9N3. The third-order valence-corrected chi connectivity index (χ3v) is 2.24. The molecule has 1 aliphatic rings. The molecule has 14 heavy (non-hydrogen) atoms. The number of benzene rings is 1. The van der Waals surface area contributed by atoms with Crippen molar-refractivity contribution in [2.24, 2.45) is 0 Å². The van der Waals surface area contributed by atoms with Gasteiger partial charge in [-0.05, 0) is 24.3 Å². The van der Waals surface area contributed by atoms with Gasteiger partial charge in [0.15, 0.2) is 5.82 Å². The zero-order valence-electron chi connectivity index (χ0n) is 7.51. The molecule has 0 saturated carbocycles. The fraction of sp³-hybridized carbons (Fsp3) is 0. The SMILES string of the molecule is C1=CNn2c(nc3ccccc32)C=C1. The summed E-state index contributed by atoms with van der Waals surface area (Å²) in [6.07, 6.45) is 7.79. The number of fused-ring (bicyclic) bond motifs is 3. The molecule has 1 N–H and O–H groups in total. The molecule has 0 amide bonds. The zero-order valence-corrected chi connectivity index (χ0v) is 7.51. The number of allylic oxidation sites excluding steroid dienone is 2. The van der Waals surface area contributed by atoms with E-state index in [1.54, 1.807) is 0 Å². The second kappa shape index (κ2) is 2.73. The summed E-state index contributed by atoms with van der Waals surface area (Å²) in [5, 5.41) is 0. The third kappa shape index (κ3) is 0.956. The van der Waals surface area contributed by atoms with Gasteiger partial charge in [-0.1, -0.05) is 18.2 Å². The van der Waals surface area contributed by atoms with E-state index in [0.29, 0.717) is 0 Å². The monoisotopic (exact) mass is 183 g/mol. The largest absolute Gasteiger partial charge is 0.300 e. The summed E-state index contributed by atoms with van der Waals surface area (Å²) in [7, 11) is 0. The molecule has 0 radical (unpaired) electrons. The Bertz CT molecular complexity index is 534. The number of imidazole rings is 1. The van der Waals surface area contributed by atoms with Crippen LogP contribution in [0.3, 0.4) is 0 Å². The van der Waals surface area contributed by atoms with Crippen molar-refractivity contribution in [1.82, 2.24) is 9.66 Å². The van der Waals surface area contributed by atoms with Crippen molar-refractivity contribution < 1.29 is 0 Å². The van der Waals surface area contributed by atoms with E-state index in [1.807, 2.05) is 53.4 Å². The summed E-state index contributed by atoms with van der Waals surface area (Å²) in [6, 6.07) is 8.06. The second-order valence-corrected chi connectivity index (χ2v) is 3.14. The molecule has 0 bridgehead atoms. The van der Waals surface area contributed by atoms with Crippen molar-refractivity contribution in [3.63, 3.8) is 0 Å². The molecule has 2 heterocycles. The Kier molecular flexibility index (Phi) is 1.44. The first-order valence-electron chi connectivity index (χ1n) is 4.52. The Hall–Kier alpha value is -2.03. The highest BCUT2D eigenvalue weighted by Gasteiger charge is 2.06. The lowest BCUT2D eigenvalue weighted by Crippen LogP contribution is -2.08. The molecule has 2 aromatic rings. The molecule has 3 heteroatoms. The summed E-state index contributed by atoms with van der Waals surface area (Å²) < 4.78 is 1.97. The molecular weight excluding hydrogens is 174 g/mol. The Morgan fingerprint density at radius 3 is 3.07 bits per heavy atom. The van der Waals surface area contributed by atoms with E-state index < -0.39 is 0 Å². The lowest BCUT2D eigenvalue weighted by Gasteiger charge is -2.03. The molecule has 1 aromatic heterocycles. The Labute approximate surface area is 81.3 Å². The number of aromatic nitrogens is 2. The van der Waals surface area contributed by atoms with Crippen LogP contribution in [0.1, 0.15) is 5.82 Å². The van der Waals surface area contributed by atoms with Gasteiger partial charge in [0.05, 0.1) is 11.0 Å². The normalized spacial score (nSPS) is 13.7. The van der Waals surface area contributed by atoms with Gasteiger partial charge in [-0.25, -0.2) is 9.66 Å². The minimum absolute atomic E-state index is 0.927. The number of hydrogen-bond donors (Lipinski definition) is 1. The van der Waals surface area contributed by atoms with Crippen LogP contribution in [0.25, 0.3) is 17.1 Å². The molecule has 1 aliphatic heterocycles. The zero-order chi connectivity index (χ0) is 9.38. The Morgan fingerprint density at radius 2 is 2.07 bits per heavy atom. The maximum absolute atomic E-state index is 4.49. The molecule has 0 saturated heterocycles. The van der Waals surface area contributed by atoms with Crippen LogP contribution in [0.4, 0.5) is 0 Å². The first kappa shape index (κ1) is 7.38. The number of hydrogen-bond acceptors (Lipinski definition) is 2. The van der Waals surface area contributed by atoms with E-state index in [2.05, 4.69) is 10.4 Å². The quantitative estimate of drug-likeness (QED) is 0.678. The summed E-state index contributed by atoms with van der Waals surface area (Å²) in [6.45, 7) is 0. The van der Waals surface area contributed by atoms with Crippen molar-refractivity contribution >= 4 is 17.1 Å². The summed E-state index contributed by atoms with van der Waals surface area (Å²) in [4.78, 5) is 4.49. The van der Waals surface area contributed by atoms with Crippen LogP contribution in [-0.4, -0.2) is 9.66 Å². The highest BCUT2D eigenvalue weighted by Crippen LogP contribution is 2.16. The maximum Gasteiger partial charge on any atom is 0.152 e. The van der Waals surface area contributed by atoms with Crippen LogP contribution in [-0.2, 0) is 0 Å². The van der Waals surface area contributed by atoms with E-state index in [0.717, 1.165) is 16.9 Å². The molecule has 1 aromatic carbocycles. The van der Waals surface area contributed by atoms with Crippen molar-refractivity contribution in [1.29, 1.82) is 0 Å². The van der Waals surface area contributed by atoms with Crippen LogP contribution >= 0.6 is 0 Å². The number of nitrogens with one attached hydrogen (secondary N) is 1. The molecule has 68 valence electrons. The number of para-hydroxylation sites is 2. The average Bonchev–Trinajstić information content (AvgIpc) is 2.42. The van der Waals surface area contributed by atoms with Gasteiger partial charge < -0.3 is 0 Å². The predicted molar refractivity (Wildman–Crippen MR) is 57.3 cm³/mol. The number of rotatable bonds is 0. The van der Waals surface area contributed by atoms with Gasteiger partial charge in [-0.15, -0.1) is 0 Å². The molecule has 0 unspecified atom stereocenters. The summed E-state index contributed by atoms with van der Waals surface area (Å²) >= 11 is 0. The van der Waals surface area contributed by atoms with Crippen LogP contribution in [0.5, 0.6) is 0 Å². The van der Waals surface area contributed by atoms with Crippen molar-refractivity contribution in [2.45, 2.75) is 0 Å². The van der Waals surface area contributed by atoms with E-state index in [4.69, 9.17) is 0 Å². The summed E-state index contributed by atoms with van der Waals surface area (Å²) in [5.74, 6) is 0.927. The molecule has 0 spiro atoms. The third-order valence-electron chi connectivity index (χ3n) is 2.24. The highest BCUT2D eigenvalue weighted by atomic mass is 15.4. The van der Waals surface area contributed by atoms with E-state index in [1.165, 1.54) is 0 Å². The lowest BCUT2D eigenvalue weighted by atomic mass is 10.3. The minimum Gasteiger partial charge on any atom is -0.300 e. The van der Waals surface area contributed by atoms with Gasteiger partial charge in [0.25, 0.3) is 0 Å². The average molecular weight is 183 g/mol. The van der Waals surface area contributed by atoms with Crippen molar-refractivity contribution in [2.75, 3.05) is 5.43 Å². The highest BCUT2D eigenvalue weighted by molar-refractivity contribution is 5.78. The van der Waals surface area contributed by atoms with Gasteiger partial charge in [-0.3, -0.25) is 5.43 Å². The second-order valence-electron chi connectivity index (χ2n) is 3.14. The number of nitrogens with zero attached hydrogens (tertiary/aromatic N) is 2. The first-order valence-corrected chi connectivity index (χ1v) is 4.52.